The van der Waals surface area contributed by atoms with E-state index in [-0.39, 0.29) is 12.2 Å². The van der Waals surface area contributed by atoms with Gasteiger partial charge in [0.2, 0.25) is 0 Å². The van der Waals surface area contributed by atoms with Crippen LogP contribution in [-0.2, 0) is 0 Å². The molecule has 2 nitrogen and oxygen atoms in total. The molecule has 0 unspecified atom stereocenters. The van der Waals surface area contributed by atoms with Gasteiger partial charge in [0.05, 0.1) is 5.56 Å². The minimum atomic E-state index is -0.477. The van der Waals surface area contributed by atoms with Crippen LogP contribution in [0.5, 0.6) is 5.75 Å². The van der Waals surface area contributed by atoms with Gasteiger partial charge in [-0.25, -0.2) is 4.39 Å². The lowest BCUT2D eigenvalue weighted by molar-refractivity contribution is 0.111. The zero-order valence-electron chi connectivity index (χ0n) is 6.79. The smallest absolute Gasteiger partial charge is 0.153 e. The standard InChI is InChI=1S/C10H7FO2/c1-2-5-13-10-4-3-9(11)6-8(10)7-12/h1,3-4,6-7H,5H2. The van der Waals surface area contributed by atoms with Gasteiger partial charge in [-0.1, -0.05) is 5.92 Å². The van der Waals surface area contributed by atoms with Crippen molar-refractivity contribution < 1.29 is 13.9 Å². The van der Waals surface area contributed by atoms with Gasteiger partial charge >= 0.3 is 0 Å². The SMILES string of the molecule is C#CCOc1ccc(F)cc1C=O. The van der Waals surface area contributed by atoms with Crippen molar-refractivity contribution in [3.63, 3.8) is 0 Å². The van der Waals surface area contributed by atoms with Crippen LogP contribution < -0.4 is 4.74 Å². The predicted octanol–water partition coefficient (Wildman–Crippen LogP) is 1.65. The molecule has 0 heterocycles. The van der Waals surface area contributed by atoms with Gasteiger partial charge < -0.3 is 4.74 Å². The summed E-state index contributed by atoms with van der Waals surface area (Å²) in [6, 6.07) is 3.67. The number of terminal acetylenes is 1. The highest BCUT2D eigenvalue weighted by Gasteiger charge is 2.03. The Bertz CT molecular complexity index is 352. The van der Waals surface area contributed by atoms with Gasteiger partial charge in [-0.15, -0.1) is 6.42 Å². The number of ether oxygens (including phenoxy) is 1. The minimum Gasteiger partial charge on any atom is -0.480 e. The molecule has 0 saturated carbocycles. The molecule has 0 spiro atoms. The lowest BCUT2D eigenvalue weighted by Crippen LogP contribution is -1.97. The fourth-order valence-electron chi connectivity index (χ4n) is 0.862. The zero-order valence-corrected chi connectivity index (χ0v) is 6.79. The Morgan fingerprint density at radius 1 is 1.62 bits per heavy atom. The van der Waals surface area contributed by atoms with Gasteiger partial charge in [-0.3, -0.25) is 4.79 Å². The third-order valence-corrected chi connectivity index (χ3v) is 1.41. The first-order chi connectivity index (χ1) is 6.27. The molecule has 0 N–H and O–H groups in total. The van der Waals surface area contributed by atoms with Crippen LogP contribution in [0.25, 0.3) is 0 Å². The molecule has 0 atom stereocenters. The van der Waals surface area contributed by atoms with Gasteiger partial charge in [-0.2, -0.15) is 0 Å². The van der Waals surface area contributed by atoms with Crippen molar-refractivity contribution in [2.45, 2.75) is 0 Å². The molecule has 1 rings (SSSR count). The summed E-state index contributed by atoms with van der Waals surface area (Å²) in [5.74, 6) is 2.07. The summed E-state index contributed by atoms with van der Waals surface area (Å²) < 4.78 is 17.6. The third-order valence-electron chi connectivity index (χ3n) is 1.41. The molecule has 0 amide bonds. The molecule has 0 aliphatic rings. The highest BCUT2D eigenvalue weighted by Crippen LogP contribution is 2.17. The van der Waals surface area contributed by atoms with Crippen molar-refractivity contribution in [1.29, 1.82) is 0 Å². The molecule has 0 aliphatic heterocycles. The fraction of sp³-hybridized carbons (Fsp3) is 0.100. The Hall–Kier alpha value is -1.82. The average Bonchev–Trinajstić information content (AvgIpc) is 2.16. The Morgan fingerprint density at radius 2 is 2.38 bits per heavy atom. The van der Waals surface area contributed by atoms with E-state index in [0.717, 1.165) is 6.07 Å². The number of carbonyl (C=O) groups excluding carboxylic acids is 1. The van der Waals surface area contributed by atoms with Gasteiger partial charge in [0.25, 0.3) is 0 Å². The molecule has 0 aliphatic carbocycles. The second kappa shape index (κ2) is 4.27. The summed E-state index contributed by atoms with van der Waals surface area (Å²) in [5, 5.41) is 0. The number of carbonyl (C=O) groups is 1. The van der Waals surface area contributed by atoms with E-state index < -0.39 is 5.82 Å². The molecular weight excluding hydrogens is 171 g/mol. The van der Waals surface area contributed by atoms with Gasteiger partial charge in [0, 0.05) is 0 Å². The molecule has 66 valence electrons. The fourth-order valence-corrected chi connectivity index (χ4v) is 0.862. The molecule has 0 bridgehead atoms. The van der Waals surface area contributed by atoms with Crippen molar-refractivity contribution in [2.24, 2.45) is 0 Å². The van der Waals surface area contributed by atoms with Gasteiger partial charge in [0.15, 0.2) is 6.29 Å². The largest absolute Gasteiger partial charge is 0.480 e. The minimum absolute atomic E-state index is 0.0620. The van der Waals surface area contributed by atoms with Crippen molar-refractivity contribution in [3.05, 3.63) is 29.6 Å². The Balaban J connectivity index is 2.93. The van der Waals surface area contributed by atoms with Crippen molar-refractivity contribution >= 4 is 6.29 Å². The Labute approximate surface area is 75.3 Å². The number of hydrogen-bond acceptors (Lipinski definition) is 2. The van der Waals surface area contributed by atoms with E-state index in [0.29, 0.717) is 12.0 Å². The van der Waals surface area contributed by atoms with Crippen LogP contribution in [0.15, 0.2) is 18.2 Å². The summed E-state index contributed by atoms with van der Waals surface area (Å²) in [6.07, 6.45) is 5.48. The van der Waals surface area contributed by atoms with Crippen LogP contribution in [0, 0.1) is 18.2 Å². The molecule has 1 aromatic carbocycles. The van der Waals surface area contributed by atoms with E-state index in [1.54, 1.807) is 0 Å². The third kappa shape index (κ3) is 2.31. The first kappa shape index (κ1) is 9.27. The predicted molar refractivity (Wildman–Crippen MR) is 46.1 cm³/mol. The van der Waals surface area contributed by atoms with Gasteiger partial charge in [-0.05, 0) is 18.2 Å². The molecule has 3 heteroatoms. The maximum absolute atomic E-state index is 12.6. The summed E-state index contributed by atoms with van der Waals surface area (Å²) in [4.78, 5) is 10.4. The second-order valence-electron chi connectivity index (χ2n) is 2.29. The highest BCUT2D eigenvalue weighted by molar-refractivity contribution is 5.79. The zero-order chi connectivity index (χ0) is 9.68. The average molecular weight is 178 g/mol. The van der Waals surface area contributed by atoms with Crippen LogP contribution in [0.4, 0.5) is 4.39 Å². The number of benzene rings is 1. The number of hydrogen-bond donors (Lipinski definition) is 0. The second-order valence-corrected chi connectivity index (χ2v) is 2.29. The normalized spacial score (nSPS) is 8.92. The van der Waals surface area contributed by atoms with Crippen molar-refractivity contribution in [1.82, 2.24) is 0 Å². The summed E-state index contributed by atoms with van der Waals surface area (Å²) in [5.41, 5.74) is 0.162. The van der Waals surface area contributed by atoms with E-state index in [1.165, 1.54) is 12.1 Å². The molecule has 13 heavy (non-hydrogen) atoms. The van der Waals surface area contributed by atoms with Crippen LogP contribution in [0.2, 0.25) is 0 Å². The number of rotatable bonds is 3. The van der Waals surface area contributed by atoms with E-state index in [2.05, 4.69) is 5.92 Å². The first-order valence-electron chi connectivity index (χ1n) is 3.59. The Kier molecular flexibility index (Phi) is 3.04. The number of halogens is 1. The maximum Gasteiger partial charge on any atom is 0.153 e. The molecule has 0 radical (unpaired) electrons. The van der Waals surface area contributed by atoms with Crippen LogP contribution in [-0.4, -0.2) is 12.9 Å². The molecule has 0 fully saturated rings. The summed E-state index contributed by atoms with van der Waals surface area (Å²) in [6.45, 7) is 0.0620. The number of aldehydes is 1. The quantitative estimate of drug-likeness (QED) is 0.519. The van der Waals surface area contributed by atoms with E-state index in [9.17, 15) is 9.18 Å². The maximum atomic E-state index is 12.6. The molecule has 1 aromatic rings. The monoisotopic (exact) mass is 178 g/mol. The van der Waals surface area contributed by atoms with E-state index >= 15 is 0 Å². The summed E-state index contributed by atoms with van der Waals surface area (Å²) in [7, 11) is 0. The topological polar surface area (TPSA) is 26.3 Å². The lowest BCUT2D eigenvalue weighted by Gasteiger charge is -2.04. The van der Waals surface area contributed by atoms with Crippen molar-refractivity contribution in [3.8, 4) is 18.1 Å². The molecule has 0 saturated heterocycles. The Morgan fingerprint density at radius 3 is 3.00 bits per heavy atom. The van der Waals surface area contributed by atoms with Crippen LogP contribution in [0.3, 0.4) is 0 Å². The molecule has 0 aromatic heterocycles. The van der Waals surface area contributed by atoms with Crippen molar-refractivity contribution in [2.75, 3.05) is 6.61 Å². The van der Waals surface area contributed by atoms with Gasteiger partial charge in [0.1, 0.15) is 18.2 Å². The van der Waals surface area contributed by atoms with Crippen LogP contribution >= 0.6 is 0 Å². The lowest BCUT2D eigenvalue weighted by atomic mass is 10.2. The molecular formula is C10H7FO2. The van der Waals surface area contributed by atoms with E-state index in [1.807, 2.05) is 0 Å². The highest BCUT2D eigenvalue weighted by atomic mass is 19.1. The van der Waals surface area contributed by atoms with Crippen LogP contribution in [0.1, 0.15) is 10.4 Å². The van der Waals surface area contributed by atoms with E-state index in [4.69, 9.17) is 11.2 Å². The summed E-state index contributed by atoms with van der Waals surface area (Å²) >= 11 is 0. The first-order valence-corrected chi connectivity index (χ1v) is 3.59.